The Morgan fingerprint density at radius 3 is 2.65 bits per heavy atom. The number of aryl methyl sites for hydroxylation is 1. The number of phenols is 1. The molecule has 1 spiro atoms. The van der Waals surface area contributed by atoms with Crippen molar-refractivity contribution in [3.63, 3.8) is 0 Å². The number of allylic oxidation sites excluding steroid dienone is 4. The summed E-state index contributed by atoms with van der Waals surface area (Å²) in [6.45, 7) is 12.3. The molecule has 4 unspecified atom stereocenters. The van der Waals surface area contributed by atoms with Crippen LogP contribution in [0.2, 0.25) is 0 Å². The van der Waals surface area contributed by atoms with Crippen LogP contribution in [0.3, 0.4) is 0 Å². The SMILES string of the molecule is C=C/C=C\C(=C/C)O[C@H]1CC23CC2CCC3C2CCc3cc(O)ccc3[C@H]21.CC(C)C. The molecule has 3 fully saturated rings. The Morgan fingerprint density at radius 1 is 1.19 bits per heavy atom. The normalized spacial score (nSPS) is 35.4. The summed E-state index contributed by atoms with van der Waals surface area (Å²) in [5.74, 6) is 5.20. The first kappa shape index (κ1) is 22.2. The number of rotatable bonds is 4. The number of hydrogen-bond acceptors (Lipinski definition) is 2. The van der Waals surface area contributed by atoms with E-state index in [0.717, 1.165) is 35.9 Å². The molecule has 1 N–H and O–H groups in total. The first-order valence-electron chi connectivity index (χ1n) is 12.3. The van der Waals surface area contributed by atoms with Gasteiger partial charge in [-0.25, -0.2) is 0 Å². The van der Waals surface area contributed by atoms with Crippen LogP contribution in [-0.2, 0) is 11.2 Å². The van der Waals surface area contributed by atoms with Crippen LogP contribution >= 0.6 is 0 Å². The van der Waals surface area contributed by atoms with Gasteiger partial charge in [0.25, 0.3) is 0 Å². The Morgan fingerprint density at radius 2 is 1.97 bits per heavy atom. The maximum absolute atomic E-state index is 9.97. The molecular weight excluding hydrogens is 380 g/mol. The monoisotopic (exact) mass is 420 g/mol. The zero-order chi connectivity index (χ0) is 22.2. The zero-order valence-corrected chi connectivity index (χ0v) is 19.8. The Balaban J connectivity index is 0.000000535. The van der Waals surface area contributed by atoms with Crippen molar-refractivity contribution in [1.82, 2.24) is 0 Å². The van der Waals surface area contributed by atoms with Crippen molar-refractivity contribution in [3.8, 4) is 5.75 Å². The number of aromatic hydroxyl groups is 1. The van der Waals surface area contributed by atoms with E-state index in [0.29, 0.717) is 17.1 Å². The number of fused-ring (bicyclic) bond motifs is 4. The topological polar surface area (TPSA) is 29.5 Å². The summed E-state index contributed by atoms with van der Waals surface area (Å²) >= 11 is 0. The Hall–Kier alpha value is -1.96. The van der Waals surface area contributed by atoms with Gasteiger partial charge in [0.15, 0.2) is 0 Å². The van der Waals surface area contributed by atoms with E-state index < -0.39 is 0 Å². The Bertz CT molecular complexity index is 861. The molecule has 1 aromatic rings. The Labute approximate surface area is 189 Å². The van der Waals surface area contributed by atoms with Gasteiger partial charge in [-0.05, 0) is 110 Å². The molecule has 5 rings (SSSR count). The third-order valence-corrected chi connectivity index (χ3v) is 8.01. The molecule has 0 radical (unpaired) electrons. The van der Waals surface area contributed by atoms with Gasteiger partial charge in [0, 0.05) is 5.92 Å². The van der Waals surface area contributed by atoms with Crippen molar-refractivity contribution in [1.29, 1.82) is 0 Å². The molecule has 0 aromatic heterocycles. The number of benzene rings is 1. The van der Waals surface area contributed by atoms with Crippen molar-refractivity contribution in [2.24, 2.45) is 29.1 Å². The second-order valence-electron chi connectivity index (χ2n) is 10.8. The predicted octanol–water partition coefficient (Wildman–Crippen LogP) is 7.55. The van der Waals surface area contributed by atoms with Gasteiger partial charge < -0.3 is 9.84 Å². The van der Waals surface area contributed by atoms with E-state index in [1.54, 1.807) is 6.08 Å². The third kappa shape index (κ3) is 4.23. The lowest BCUT2D eigenvalue weighted by atomic mass is 9.57. The van der Waals surface area contributed by atoms with Gasteiger partial charge >= 0.3 is 0 Å². The van der Waals surface area contributed by atoms with Crippen LogP contribution in [0.1, 0.15) is 76.8 Å². The molecule has 0 amide bonds. The average Bonchev–Trinajstić information content (AvgIpc) is 3.30. The van der Waals surface area contributed by atoms with Gasteiger partial charge in [-0.2, -0.15) is 0 Å². The van der Waals surface area contributed by atoms with E-state index in [9.17, 15) is 5.11 Å². The van der Waals surface area contributed by atoms with Crippen LogP contribution in [0.15, 0.2) is 54.8 Å². The van der Waals surface area contributed by atoms with Crippen LogP contribution in [0.4, 0.5) is 0 Å². The van der Waals surface area contributed by atoms with Gasteiger partial charge in [-0.15, -0.1) is 0 Å². The second kappa shape index (κ2) is 8.88. The fourth-order valence-corrected chi connectivity index (χ4v) is 6.90. The molecule has 4 aliphatic rings. The highest BCUT2D eigenvalue weighted by atomic mass is 16.5. The smallest absolute Gasteiger partial charge is 0.115 e. The third-order valence-electron chi connectivity index (χ3n) is 8.01. The fourth-order valence-electron chi connectivity index (χ4n) is 6.90. The highest BCUT2D eigenvalue weighted by Gasteiger charge is 2.68. The number of ether oxygens (including phenoxy) is 1. The van der Waals surface area contributed by atoms with Crippen LogP contribution in [0, 0.1) is 29.1 Å². The molecule has 2 nitrogen and oxygen atoms in total. The standard InChI is InChI=1S/C25H30O2.C4H10/c1-3-5-6-19(4-2)27-23-15-25-14-17(25)8-12-22(25)21-10-7-16-13-18(26)9-11-20(16)24(21)23;1-4(2)3/h3-6,9,11,13,17,21-24,26H,1,7-8,10,12,14-15H2,2H3;4H,1-3H3/b6-5-,19-4+;/t17?,21?,22?,23-,24+,25?;/m0./s1. The van der Waals surface area contributed by atoms with Gasteiger partial charge in [0.1, 0.15) is 17.6 Å². The van der Waals surface area contributed by atoms with E-state index in [-0.39, 0.29) is 6.10 Å². The molecule has 2 heteroatoms. The van der Waals surface area contributed by atoms with Crippen molar-refractivity contribution in [3.05, 3.63) is 66.0 Å². The maximum atomic E-state index is 9.97. The summed E-state index contributed by atoms with van der Waals surface area (Å²) in [6.07, 6.45) is 15.9. The fraction of sp³-hybridized carbons (Fsp3) is 0.586. The summed E-state index contributed by atoms with van der Waals surface area (Å²) in [5.41, 5.74) is 3.33. The minimum absolute atomic E-state index is 0.235. The summed E-state index contributed by atoms with van der Waals surface area (Å²) in [6, 6.07) is 6.02. The van der Waals surface area contributed by atoms with Gasteiger partial charge in [-0.3, -0.25) is 0 Å². The average molecular weight is 421 g/mol. The molecule has 0 aliphatic heterocycles. The number of phenolic OH excluding ortho intramolecular Hbond substituents is 1. The van der Waals surface area contributed by atoms with Crippen LogP contribution < -0.4 is 0 Å². The molecule has 3 saturated carbocycles. The van der Waals surface area contributed by atoms with E-state index in [1.165, 1.54) is 43.2 Å². The van der Waals surface area contributed by atoms with Crippen molar-refractivity contribution in [2.45, 2.75) is 78.2 Å². The molecule has 0 heterocycles. The molecule has 31 heavy (non-hydrogen) atoms. The molecule has 4 aliphatic carbocycles. The number of hydrogen-bond donors (Lipinski definition) is 1. The first-order valence-corrected chi connectivity index (χ1v) is 12.3. The van der Waals surface area contributed by atoms with Gasteiger partial charge in [0.2, 0.25) is 0 Å². The summed E-state index contributed by atoms with van der Waals surface area (Å²) < 4.78 is 6.66. The molecular formula is C29H40O2. The van der Waals surface area contributed by atoms with Crippen LogP contribution in [-0.4, -0.2) is 11.2 Å². The van der Waals surface area contributed by atoms with Crippen molar-refractivity contribution < 1.29 is 9.84 Å². The van der Waals surface area contributed by atoms with Gasteiger partial charge in [-0.1, -0.05) is 45.6 Å². The first-order chi connectivity index (χ1) is 14.9. The van der Waals surface area contributed by atoms with Crippen LogP contribution in [0.5, 0.6) is 5.75 Å². The zero-order valence-electron chi connectivity index (χ0n) is 19.8. The minimum Gasteiger partial charge on any atom is -0.508 e. The lowest BCUT2D eigenvalue weighted by Gasteiger charge is -2.49. The van der Waals surface area contributed by atoms with Crippen LogP contribution in [0.25, 0.3) is 0 Å². The largest absolute Gasteiger partial charge is 0.508 e. The predicted molar refractivity (Wildman–Crippen MR) is 129 cm³/mol. The summed E-state index contributed by atoms with van der Waals surface area (Å²) in [7, 11) is 0. The molecule has 6 atom stereocenters. The molecule has 1 aromatic carbocycles. The van der Waals surface area contributed by atoms with Gasteiger partial charge in [0.05, 0.1) is 0 Å². The molecule has 0 bridgehead atoms. The molecule has 0 saturated heterocycles. The van der Waals surface area contributed by atoms with E-state index in [4.69, 9.17) is 4.74 Å². The Kier molecular flexibility index (Phi) is 6.37. The second-order valence-corrected chi connectivity index (χ2v) is 10.8. The minimum atomic E-state index is 0.235. The van der Waals surface area contributed by atoms with E-state index >= 15 is 0 Å². The van der Waals surface area contributed by atoms with E-state index in [1.807, 2.05) is 31.2 Å². The lowest BCUT2D eigenvalue weighted by Crippen LogP contribution is -2.45. The highest BCUT2D eigenvalue weighted by molar-refractivity contribution is 5.41. The van der Waals surface area contributed by atoms with Crippen molar-refractivity contribution >= 4 is 0 Å². The van der Waals surface area contributed by atoms with E-state index in [2.05, 4.69) is 39.5 Å². The quantitative estimate of drug-likeness (QED) is 0.402. The highest BCUT2D eigenvalue weighted by Crippen LogP contribution is 2.75. The summed E-state index contributed by atoms with van der Waals surface area (Å²) in [5, 5.41) is 9.97. The summed E-state index contributed by atoms with van der Waals surface area (Å²) in [4.78, 5) is 0. The maximum Gasteiger partial charge on any atom is 0.115 e. The molecule has 168 valence electrons. The lowest BCUT2D eigenvalue weighted by molar-refractivity contribution is -0.0259. The van der Waals surface area contributed by atoms with Crippen molar-refractivity contribution in [2.75, 3.05) is 0 Å².